The largest absolute Gasteiger partial charge is 0.462 e. The highest BCUT2D eigenvalue weighted by atomic mass is 16.6. The monoisotopic (exact) mass is 1030 g/mol. The molecule has 0 bridgehead atoms. The molecule has 0 radical (unpaired) electrons. The summed E-state index contributed by atoms with van der Waals surface area (Å²) in [5.74, 6) is -0.887. The second-order valence-electron chi connectivity index (χ2n) is 20.9. The van der Waals surface area contributed by atoms with Crippen LogP contribution in [-0.2, 0) is 28.6 Å². The van der Waals surface area contributed by atoms with Gasteiger partial charge >= 0.3 is 17.9 Å². The Morgan fingerprint density at radius 1 is 0.284 bits per heavy atom. The number of unbranched alkanes of at least 4 members (excludes halogenated alkanes) is 32. The maximum Gasteiger partial charge on any atom is 0.306 e. The van der Waals surface area contributed by atoms with Gasteiger partial charge < -0.3 is 14.2 Å². The zero-order valence-electron chi connectivity index (χ0n) is 48.8. The van der Waals surface area contributed by atoms with E-state index in [9.17, 15) is 14.4 Å². The highest BCUT2D eigenvalue weighted by molar-refractivity contribution is 5.71. The molecule has 0 aromatic heterocycles. The molecule has 1 unspecified atom stereocenters. The second-order valence-corrected chi connectivity index (χ2v) is 20.9. The van der Waals surface area contributed by atoms with E-state index >= 15 is 0 Å². The fourth-order valence-corrected chi connectivity index (χ4v) is 8.87. The number of rotatable bonds is 57. The Morgan fingerprint density at radius 3 is 0.865 bits per heavy atom. The lowest BCUT2D eigenvalue weighted by Crippen LogP contribution is -2.30. The van der Waals surface area contributed by atoms with Crippen LogP contribution < -0.4 is 0 Å². The van der Waals surface area contributed by atoms with Gasteiger partial charge in [-0.2, -0.15) is 0 Å². The van der Waals surface area contributed by atoms with E-state index in [4.69, 9.17) is 14.2 Å². The fraction of sp³-hybridized carbons (Fsp3) is 0.750. The molecule has 0 aromatic carbocycles. The SMILES string of the molecule is CC/C=C\C/C=C\C/C=C\C/C=C\CCCCCCCCCCCCC(=O)OCC(COC(=O)CCCCCCC/C=C\CCCCCCC)OC(=O)CCCCCCCCCCC/C=C\C/C=C\CCCCC. The van der Waals surface area contributed by atoms with Crippen molar-refractivity contribution >= 4 is 17.9 Å². The van der Waals surface area contributed by atoms with Crippen molar-refractivity contribution in [3.63, 3.8) is 0 Å². The zero-order valence-corrected chi connectivity index (χ0v) is 48.8. The minimum atomic E-state index is -0.785. The first-order chi connectivity index (χ1) is 36.5. The summed E-state index contributed by atoms with van der Waals surface area (Å²) in [6.07, 6.45) is 81.5. The van der Waals surface area contributed by atoms with E-state index in [0.717, 1.165) is 96.3 Å². The molecule has 0 aliphatic heterocycles. The molecule has 0 aliphatic rings. The first-order valence-corrected chi connectivity index (χ1v) is 31.6. The molecule has 0 amide bonds. The third kappa shape index (κ3) is 59.5. The molecule has 0 N–H and O–H groups in total. The molecule has 0 saturated carbocycles. The van der Waals surface area contributed by atoms with E-state index < -0.39 is 6.10 Å². The van der Waals surface area contributed by atoms with Crippen LogP contribution in [-0.4, -0.2) is 37.2 Å². The van der Waals surface area contributed by atoms with E-state index in [0.29, 0.717) is 19.3 Å². The molecule has 6 nitrogen and oxygen atoms in total. The molecule has 74 heavy (non-hydrogen) atoms. The molecule has 0 saturated heterocycles. The van der Waals surface area contributed by atoms with Crippen molar-refractivity contribution in [2.24, 2.45) is 0 Å². The third-order valence-corrected chi connectivity index (χ3v) is 13.6. The number of allylic oxidation sites excluding steroid dienone is 14. The highest BCUT2D eigenvalue weighted by Gasteiger charge is 2.19. The molecular formula is C68H118O6. The van der Waals surface area contributed by atoms with Crippen molar-refractivity contribution in [1.82, 2.24) is 0 Å². The summed E-state index contributed by atoms with van der Waals surface area (Å²) >= 11 is 0. The molecule has 1 atom stereocenters. The second kappa shape index (κ2) is 62.1. The summed E-state index contributed by atoms with van der Waals surface area (Å²) in [5.41, 5.74) is 0. The fourth-order valence-electron chi connectivity index (χ4n) is 8.87. The van der Waals surface area contributed by atoms with Crippen molar-refractivity contribution in [1.29, 1.82) is 0 Å². The maximum atomic E-state index is 12.9. The summed E-state index contributed by atoms with van der Waals surface area (Å²) < 4.78 is 16.9. The normalized spacial score (nSPS) is 12.6. The van der Waals surface area contributed by atoms with Crippen molar-refractivity contribution in [2.75, 3.05) is 13.2 Å². The smallest absolute Gasteiger partial charge is 0.306 e. The van der Waals surface area contributed by atoms with Crippen molar-refractivity contribution in [3.05, 3.63) is 85.1 Å². The number of carbonyl (C=O) groups is 3. The van der Waals surface area contributed by atoms with Gasteiger partial charge in [-0.3, -0.25) is 14.4 Å². The average Bonchev–Trinajstić information content (AvgIpc) is 3.40. The van der Waals surface area contributed by atoms with E-state index in [1.165, 1.54) is 173 Å². The number of carbonyl (C=O) groups excluding carboxylic acids is 3. The summed E-state index contributed by atoms with van der Waals surface area (Å²) in [6, 6.07) is 0. The Labute approximate surface area is 458 Å². The summed E-state index contributed by atoms with van der Waals surface area (Å²) in [6.45, 7) is 6.51. The topological polar surface area (TPSA) is 78.9 Å². The Balaban J connectivity index is 4.35. The number of ether oxygens (including phenoxy) is 3. The van der Waals surface area contributed by atoms with E-state index in [1.54, 1.807) is 0 Å². The lowest BCUT2D eigenvalue weighted by molar-refractivity contribution is -0.167. The Hall–Kier alpha value is -3.41. The van der Waals surface area contributed by atoms with Gasteiger partial charge in [0.25, 0.3) is 0 Å². The van der Waals surface area contributed by atoms with Crippen LogP contribution in [0.25, 0.3) is 0 Å². The third-order valence-electron chi connectivity index (χ3n) is 13.6. The van der Waals surface area contributed by atoms with Crippen LogP contribution >= 0.6 is 0 Å². The van der Waals surface area contributed by atoms with Gasteiger partial charge in [-0.25, -0.2) is 0 Å². The van der Waals surface area contributed by atoms with E-state index in [1.807, 2.05) is 0 Å². The number of hydrogen-bond donors (Lipinski definition) is 0. The lowest BCUT2D eigenvalue weighted by Gasteiger charge is -2.18. The molecule has 0 heterocycles. The van der Waals surface area contributed by atoms with Gasteiger partial charge in [0.15, 0.2) is 6.10 Å². The van der Waals surface area contributed by atoms with Crippen molar-refractivity contribution in [2.45, 2.75) is 316 Å². The first-order valence-electron chi connectivity index (χ1n) is 31.6. The number of esters is 3. The van der Waals surface area contributed by atoms with Crippen LogP contribution in [0.4, 0.5) is 0 Å². The van der Waals surface area contributed by atoms with E-state index in [2.05, 4.69) is 106 Å². The average molecular weight is 1030 g/mol. The first kappa shape index (κ1) is 70.6. The lowest BCUT2D eigenvalue weighted by atomic mass is 10.1. The predicted octanol–water partition coefficient (Wildman–Crippen LogP) is 21.5. The Morgan fingerprint density at radius 2 is 0.527 bits per heavy atom. The maximum absolute atomic E-state index is 12.9. The molecule has 0 aliphatic carbocycles. The van der Waals surface area contributed by atoms with Crippen LogP contribution in [0.3, 0.4) is 0 Å². The summed E-state index contributed by atoms with van der Waals surface area (Å²) in [7, 11) is 0. The zero-order chi connectivity index (χ0) is 53.6. The molecular weight excluding hydrogens is 913 g/mol. The van der Waals surface area contributed by atoms with Gasteiger partial charge in [0.2, 0.25) is 0 Å². The van der Waals surface area contributed by atoms with Gasteiger partial charge in [-0.05, 0) is 116 Å². The highest BCUT2D eigenvalue weighted by Crippen LogP contribution is 2.16. The van der Waals surface area contributed by atoms with Crippen LogP contribution in [0, 0.1) is 0 Å². The van der Waals surface area contributed by atoms with Gasteiger partial charge in [0.1, 0.15) is 13.2 Å². The van der Waals surface area contributed by atoms with Crippen molar-refractivity contribution < 1.29 is 28.6 Å². The van der Waals surface area contributed by atoms with Crippen LogP contribution in [0.15, 0.2) is 85.1 Å². The van der Waals surface area contributed by atoms with E-state index in [-0.39, 0.29) is 31.1 Å². The molecule has 0 spiro atoms. The summed E-state index contributed by atoms with van der Waals surface area (Å²) in [4.78, 5) is 38.3. The van der Waals surface area contributed by atoms with Gasteiger partial charge in [0, 0.05) is 19.3 Å². The predicted molar refractivity (Wildman–Crippen MR) is 321 cm³/mol. The minimum absolute atomic E-state index is 0.0819. The van der Waals surface area contributed by atoms with Crippen LogP contribution in [0.5, 0.6) is 0 Å². The standard InChI is InChI=1S/C68H118O6/c1-4-7-10-13-16-19-22-25-28-30-32-33-34-35-37-38-40-43-46-49-52-55-58-61-67(70)73-64-65(63-72-66(69)60-57-54-51-48-45-42-27-24-21-18-15-12-9-6-3)74-68(71)62-59-56-53-50-47-44-41-39-36-31-29-26-23-20-17-14-11-8-5-2/h7,10,16-17,19-20,24-29,32-33,65H,4-6,8-9,11-15,18,21-23,30-31,34-64H2,1-3H3/b10-7-,19-16-,20-17-,27-24-,28-25-,29-26-,33-32-. The Bertz CT molecular complexity index is 1420. The van der Waals surface area contributed by atoms with Crippen LogP contribution in [0.1, 0.15) is 310 Å². The van der Waals surface area contributed by atoms with Crippen LogP contribution in [0.2, 0.25) is 0 Å². The van der Waals surface area contributed by atoms with Gasteiger partial charge in [0.05, 0.1) is 0 Å². The molecule has 0 fully saturated rings. The van der Waals surface area contributed by atoms with Gasteiger partial charge in [-0.1, -0.05) is 260 Å². The molecule has 0 aromatic rings. The molecule has 426 valence electrons. The molecule has 6 heteroatoms. The van der Waals surface area contributed by atoms with Crippen molar-refractivity contribution in [3.8, 4) is 0 Å². The summed E-state index contributed by atoms with van der Waals surface area (Å²) in [5, 5.41) is 0. The molecule has 0 rings (SSSR count). The quantitative estimate of drug-likeness (QED) is 0.0261. The van der Waals surface area contributed by atoms with Gasteiger partial charge in [-0.15, -0.1) is 0 Å². The number of hydrogen-bond acceptors (Lipinski definition) is 6. The minimum Gasteiger partial charge on any atom is -0.462 e. The Kier molecular flexibility index (Phi) is 59.3.